The Morgan fingerprint density at radius 2 is 1.47 bits per heavy atom. The van der Waals surface area contributed by atoms with E-state index in [0.717, 1.165) is 0 Å². The number of hydrogen-bond acceptors (Lipinski definition) is 10. The summed E-state index contributed by atoms with van der Waals surface area (Å²) >= 11 is 0. The predicted molar refractivity (Wildman–Crippen MR) is 34.3 cm³/mol. The predicted octanol–water partition coefficient (Wildman–Crippen LogP) is -5.64. The maximum Gasteiger partial charge on any atom is 0.101 e. The molecule has 0 radical (unpaired) electrons. The average molecular weight is 265 g/mol. The van der Waals surface area contributed by atoms with Gasteiger partial charge in [0.15, 0.2) is 0 Å². The summed E-state index contributed by atoms with van der Waals surface area (Å²) in [5.41, 5.74) is 0. The van der Waals surface area contributed by atoms with Crippen molar-refractivity contribution in [2.45, 2.75) is 6.10 Å². The molecule has 0 saturated carbocycles. The van der Waals surface area contributed by atoms with Crippen molar-refractivity contribution in [3.63, 3.8) is 0 Å². The second-order valence-electron chi connectivity index (χ2n) is 2.03. The molecule has 2 N–H and O–H groups in total. The van der Waals surface area contributed by atoms with E-state index >= 15 is 0 Å². The first-order chi connectivity index (χ1) is 6.45. The van der Waals surface area contributed by atoms with Crippen LogP contribution in [0.2, 0.25) is 0 Å². The largest absolute Gasteiger partial charge is 0.822 e. The average Bonchev–Trinajstić information content (AvgIpc) is 1.95. The van der Waals surface area contributed by atoms with Gasteiger partial charge in [-0.15, -0.1) is 0 Å². The lowest BCUT2D eigenvalue weighted by atomic mass is 10.4. The van der Waals surface area contributed by atoms with Crippen LogP contribution in [0.5, 0.6) is 0 Å². The summed E-state index contributed by atoms with van der Waals surface area (Å²) in [5.74, 6) is 0. The molecule has 0 bridgehead atoms. The van der Waals surface area contributed by atoms with Gasteiger partial charge in [0, 0.05) is 0 Å². The van der Waals surface area contributed by atoms with Gasteiger partial charge in [-0.3, -0.25) is 0 Å². The highest BCUT2D eigenvalue weighted by atomic mass is 31.2. The number of rotatable bonds is 4. The van der Waals surface area contributed by atoms with Crippen molar-refractivity contribution in [1.29, 1.82) is 0 Å². The van der Waals surface area contributed by atoms with E-state index in [0.29, 0.717) is 0 Å². The van der Waals surface area contributed by atoms with Gasteiger partial charge in [0.25, 0.3) is 0 Å². The summed E-state index contributed by atoms with van der Waals surface area (Å²) in [6.45, 7) is -1.33. The second-order valence-corrected chi connectivity index (χ2v) is 4.07. The lowest BCUT2D eigenvalue weighted by Gasteiger charge is -2.36. The molecule has 0 aromatic carbocycles. The standard InChI is InChI=1S/C3H9O6P.H3O4P/c4-1-3(5)2-9-10(6,7)8;1-5(2,3)4/h3-5H,1-2H2,(H2,6,7,8);(H3,1,2,3,4)/p-5. The van der Waals surface area contributed by atoms with Crippen molar-refractivity contribution >= 4 is 15.6 Å². The summed E-state index contributed by atoms with van der Waals surface area (Å²) in [6, 6.07) is 0. The first kappa shape index (κ1) is 17.5. The highest BCUT2D eigenvalue weighted by molar-refractivity contribution is 7.43. The molecule has 1 unspecified atom stereocenters. The molecular weight excluding hydrogens is 258 g/mol. The Morgan fingerprint density at radius 3 is 1.67 bits per heavy atom. The fourth-order valence-electron chi connectivity index (χ4n) is 0.230. The van der Waals surface area contributed by atoms with Crippen molar-refractivity contribution in [1.82, 2.24) is 0 Å². The van der Waals surface area contributed by atoms with Crippen LogP contribution in [0.1, 0.15) is 0 Å². The van der Waals surface area contributed by atoms with E-state index in [4.69, 9.17) is 29.5 Å². The summed E-state index contributed by atoms with van der Waals surface area (Å²) in [6.07, 6.45) is -1.32. The highest BCUT2D eigenvalue weighted by Gasteiger charge is 2.01. The summed E-state index contributed by atoms with van der Waals surface area (Å²) in [7, 11) is -10.4. The third kappa shape index (κ3) is 31.5. The molecule has 15 heavy (non-hydrogen) atoms. The van der Waals surface area contributed by atoms with E-state index in [1.807, 2.05) is 0 Å². The molecule has 94 valence electrons. The zero-order valence-electron chi connectivity index (χ0n) is 7.05. The van der Waals surface area contributed by atoms with E-state index in [1.165, 1.54) is 0 Å². The van der Waals surface area contributed by atoms with Crippen LogP contribution in [0.15, 0.2) is 0 Å². The van der Waals surface area contributed by atoms with Gasteiger partial charge in [0.05, 0.1) is 21.0 Å². The Bertz CT molecular complexity index is 231. The fourth-order valence-corrected chi connectivity index (χ4v) is 0.585. The molecule has 1 atom stereocenters. The van der Waals surface area contributed by atoms with Gasteiger partial charge in [0.2, 0.25) is 0 Å². The molecule has 0 aromatic heterocycles. The molecule has 0 amide bonds. The van der Waals surface area contributed by atoms with Gasteiger partial charge in [-0.1, -0.05) is 0 Å². The molecule has 0 saturated heterocycles. The normalized spacial score (nSPS) is 14.1. The van der Waals surface area contributed by atoms with Gasteiger partial charge in [-0.05, 0) is 0 Å². The number of hydrogen-bond donors (Lipinski definition) is 2. The fraction of sp³-hybridized carbons (Fsp3) is 1.00. The lowest BCUT2D eigenvalue weighted by molar-refractivity contribution is -0.432. The third-order valence-electron chi connectivity index (χ3n) is 0.636. The smallest absolute Gasteiger partial charge is 0.101 e. The van der Waals surface area contributed by atoms with Crippen LogP contribution in [0.25, 0.3) is 0 Å². The number of aliphatic hydroxyl groups excluding tert-OH is 2. The van der Waals surface area contributed by atoms with Gasteiger partial charge in [-0.25, -0.2) is 0 Å². The first-order valence-corrected chi connectivity index (χ1v) is 6.06. The van der Waals surface area contributed by atoms with E-state index in [-0.39, 0.29) is 0 Å². The lowest BCUT2D eigenvalue weighted by Crippen LogP contribution is -2.24. The van der Waals surface area contributed by atoms with Crippen molar-refractivity contribution in [3.05, 3.63) is 0 Å². The van der Waals surface area contributed by atoms with E-state index in [9.17, 15) is 14.4 Å². The van der Waals surface area contributed by atoms with Crippen LogP contribution in [0.4, 0.5) is 0 Å². The molecule has 0 aliphatic carbocycles. The molecule has 0 aliphatic heterocycles. The zero-order chi connectivity index (χ0) is 12.7. The molecule has 0 heterocycles. The van der Waals surface area contributed by atoms with Crippen LogP contribution in [0.3, 0.4) is 0 Å². The van der Waals surface area contributed by atoms with Gasteiger partial charge >= 0.3 is 0 Å². The minimum absolute atomic E-state index is 0.639. The van der Waals surface area contributed by atoms with Crippen molar-refractivity contribution in [3.8, 4) is 0 Å². The van der Waals surface area contributed by atoms with Gasteiger partial charge < -0.3 is 48.3 Å². The third-order valence-corrected chi connectivity index (χ3v) is 1.10. The van der Waals surface area contributed by atoms with Crippen LogP contribution < -0.4 is 24.5 Å². The van der Waals surface area contributed by atoms with E-state index in [1.54, 1.807) is 0 Å². The van der Waals surface area contributed by atoms with E-state index < -0.39 is 35.0 Å². The Kier molecular flexibility index (Phi) is 8.67. The topological polar surface area (TPSA) is 199 Å². The Hall–Kier alpha value is 0.140. The van der Waals surface area contributed by atoms with Crippen LogP contribution in [-0.2, 0) is 13.7 Å². The number of phosphoric ester groups is 1. The SMILES string of the molecule is O=P([O-])([O-])OCC(O)CO.O=P([O-])([O-])[O-]. The van der Waals surface area contributed by atoms with Crippen LogP contribution in [0, 0.1) is 0 Å². The molecule has 0 rings (SSSR count). The zero-order valence-corrected chi connectivity index (χ0v) is 8.84. The number of aliphatic hydroxyl groups is 2. The van der Waals surface area contributed by atoms with Crippen molar-refractivity contribution in [2.75, 3.05) is 13.2 Å². The molecule has 10 nitrogen and oxygen atoms in total. The minimum Gasteiger partial charge on any atom is -0.822 e. The first-order valence-electron chi connectivity index (χ1n) is 3.14. The molecule has 0 aromatic rings. The minimum atomic E-state index is -5.39. The molecule has 12 heteroatoms. The number of phosphoric acid groups is 2. The highest BCUT2D eigenvalue weighted by Crippen LogP contribution is 2.24. The molecular formula is C3H7O10P2-5. The summed E-state index contributed by atoms with van der Waals surface area (Å²) in [4.78, 5) is 45.1. The van der Waals surface area contributed by atoms with Gasteiger partial charge in [-0.2, -0.15) is 7.82 Å². The Balaban J connectivity index is 0. The van der Waals surface area contributed by atoms with Crippen molar-refractivity contribution < 1.29 is 48.3 Å². The van der Waals surface area contributed by atoms with Gasteiger partial charge in [0.1, 0.15) is 6.10 Å². The summed E-state index contributed by atoms with van der Waals surface area (Å²) in [5, 5.41) is 16.6. The molecule has 0 aliphatic rings. The Morgan fingerprint density at radius 1 is 1.13 bits per heavy atom. The Labute approximate surface area is 84.2 Å². The maximum absolute atomic E-state index is 9.71. The second kappa shape index (κ2) is 7.42. The molecule has 0 spiro atoms. The van der Waals surface area contributed by atoms with E-state index in [2.05, 4.69) is 4.52 Å². The van der Waals surface area contributed by atoms with Crippen molar-refractivity contribution in [2.24, 2.45) is 0 Å². The van der Waals surface area contributed by atoms with Crippen LogP contribution >= 0.6 is 15.6 Å². The molecule has 0 fully saturated rings. The van der Waals surface area contributed by atoms with Crippen LogP contribution in [-0.4, -0.2) is 29.5 Å². The monoisotopic (exact) mass is 265 g/mol. The summed E-state index contributed by atoms with van der Waals surface area (Å²) < 4.78 is 21.9. The quantitative estimate of drug-likeness (QED) is 0.461. The maximum atomic E-state index is 9.71.